The predicted molar refractivity (Wildman–Crippen MR) is 85.7 cm³/mol. The van der Waals surface area contributed by atoms with Crippen molar-refractivity contribution in [1.82, 2.24) is 14.5 Å². The van der Waals surface area contributed by atoms with E-state index in [1.807, 2.05) is 12.4 Å². The van der Waals surface area contributed by atoms with Crippen LogP contribution in [0.1, 0.15) is 50.8 Å². The summed E-state index contributed by atoms with van der Waals surface area (Å²) in [6.07, 6.45) is 13.3. The van der Waals surface area contributed by atoms with E-state index in [2.05, 4.69) is 41.2 Å². The van der Waals surface area contributed by atoms with Gasteiger partial charge in [0.1, 0.15) is 5.82 Å². The average molecular weight is 283 g/mol. The molecule has 1 rings (SSSR count). The third-order valence-corrected chi connectivity index (χ3v) is 3.85. The number of nitrogens with zero attached hydrogens (tertiary/aromatic N) is 3. The molecule has 0 fully saturated rings. The molecule has 0 bridgehead atoms. The summed E-state index contributed by atoms with van der Waals surface area (Å²) in [4.78, 5) is 6.72. The summed E-state index contributed by atoms with van der Waals surface area (Å²) in [5.74, 6) is 2.19. The van der Waals surface area contributed by atoms with Crippen LogP contribution in [-0.4, -0.2) is 33.8 Å². The molecule has 0 saturated carbocycles. The first kappa shape index (κ1) is 16.6. The molecule has 1 aromatic rings. The van der Waals surface area contributed by atoms with Crippen LogP contribution in [-0.2, 0) is 13.6 Å². The highest BCUT2D eigenvalue weighted by Crippen LogP contribution is 2.08. The zero-order valence-corrected chi connectivity index (χ0v) is 13.4. The number of imidazole rings is 1. The van der Waals surface area contributed by atoms with Crippen LogP contribution in [0, 0.1) is 0 Å². The molecular weight excluding hydrogens is 254 g/mol. The molecule has 0 N–H and O–H groups in total. The lowest BCUT2D eigenvalue weighted by molar-refractivity contribution is 0.305. The van der Waals surface area contributed by atoms with Crippen molar-refractivity contribution in [1.29, 1.82) is 0 Å². The van der Waals surface area contributed by atoms with Gasteiger partial charge in [0.05, 0.1) is 6.54 Å². The lowest BCUT2D eigenvalue weighted by atomic mass is 10.1. The number of thiol groups is 1. The topological polar surface area (TPSA) is 21.1 Å². The molecule has 0 amide bonds. The third kappa shape index (κ3) is 7.63. The molecule has 0 aliphatic heterocycles. The van der Waals surface area contributed by atoms with Crippen molar-refractivity contribution in [3.05, 3.63) is 18.2 Å². The van der Waals surface area contributed by atoms with Crippen LogP contribution in [0.3, 0.4) is 0 Å². The summed E-state index contributed by atoms with van der Waals surface area (Å²) < 4.78 is 2.10. The van der Waals surface area contributed by atoms with Crippen molar-refractivity contribution in [2.24, 2.45) is 7.05 Å². The Balaban J connectivity index is 1.96. The number of hydrogen-bond acceptors (Lipinski definition) is 3. The first-order valence-corrected chi connectivity index (χ1v) is 8.13. The molecule has 110 valence electrons. The largest absolute Gasteiger partial charge is 0.337 e. The molecular formula is C15H29N3S. The van der Waals surface area contributed by atoms with E-state index in [0.717, 1.165) is 18.1 Å². The SMILES string of the molecule is CN(CCCCCCCCCS)Cc1nccn1C. The Morgan fingerprint density at radius 2 is 1.74 bits per heavy atom. The minimum atomic E-state index is 0.950. The molecule has 0 aliphatic carbocycles. The fourth-order valence-corrected chi connectivity index (χ4v) is 2.47. The van der Waals surface area contributed by atoms with Gasteiger partial charge in [-0.05, 0) is 32.2 Å². The molecule has 0 aliphatic rings. The van der Waals surface area contributed by atoms with Gasteiger partial charge in [0.25, 0.3) is 0 Å². The maximum Gasteiger partial charge on any atom is 0.122 e. The standard InChI is InChI=1S/C15H29N3S/c1-17(14-15-16-10-12-18(15)2)11-8-6-4-3-5-7-9-13-19/h10,12,19H,3-9,11,13-14H2,1-2H3. The van der Waals surface area contributed by atoms with Crippen LogP contribution in [0.25, 0.3) is 0 Å². The van der Waals surface area contributed by atoms with Gasteiger partial charge in [0, 0.05) is 19.4 Å². The Hall–Kier alpha value is -0.480. The van der Waals surface area contributed by atoms with E-state index in [4.69, 9.17) is 0 Å². The lowest BCUT2D eigenvalue weighted by Gasteiger charge is -2.16. The second-order valence-electron chi connectivity index (χ2n) is 5.39. The summed E-state index contributed by atoms with van der Waals surface area (Å²) in [6.45, 7) is 2.12. The van der Waals surface area contributed by atoms with Crippen molar-refractivity contribution in [2.45, 2.75) is 51.5 Å². The Labute approximate surface area is 123 Å². The maximum absolute atomic E-state index is 4.36. The average Bonchev–Trinajstić information content (AvgIpc) is 2.78. The van der Waals surface area contributed by atoms with E-state index in [-0.39, 0.29) is 0 Å². The highest BCUT2D eigenvalue weighted by atomic mass is 32.1. The van der Waals surface area contributed by atoms with Crippen molar-refractivity contribution >= 4 is 12.6 Å². The Kier molecular flexibility index (Phi) is 9.01. The fraction of sp³-hybridized carbons (Fsp3) is 0.800. The second kappa shape index (κ2) is 10.3. The Morgan fingerprint density at radius 3 is 2.32 bits per heavy atom. The number of aromatic nitrogens is 2. The van der Waals surface area contributed by atoms with Crippen LogP contribution < -0.4 is 0 Å². The van der Waals surface area contributed by atoms with Crippen molar-refractivity contribution < 1.29 is 0 Å². The smallest absolute Gasteiger partial charge is 0.122 e. The van der Waals surface area contributed by atoms with Gasteiger partial charge in [0.2, 0.25) is 0 Å². The summed E-state index contributed by atoms with van der Waals surface area (Å²) in [6, 6.07) is 0. The predicted octanol–water partition coefficient (Wildman–Crippen LogP) is 3.51. The second-order valence-corrected chi connectivity index (χ2v) is 5.84. The van der Waals surface area contributed by atoms with Crippen molar-refractivity contribution in [3.8, 4) is 0 Å². The summed E-state index contributed by atoms with van der Waals surface area (Å²) in [7, 11) is 4.24. The molecule has 1 aromatic heterocycles. The zero-order valence-electron chi connectivity index (χ0n) is 12.5. The van der Waals surface area contributed by atoms with Gasteiger partial charge in [0.15, 0.2) is 0 Å². The molecule has 0 spiro atoms. The molecule has 3 nitrogen and oxygen atoms in total. The minimum Gasteiger partial charge on any atom is -0.337 e. The number of rotatable bonds is 11. The molecule has 0 saturated heterocycles. The van der Waals surface area contributed by atoms with Gasteiger partial charge in [-0.3, -0.25) is 4.90 Å². The fourth-order valence-electron chi connectivity index (χ4n) is 2.25. The van der Waals surface area contributed by atoms with E-state index < -0.39 is 0 Å². The third-order valence-electron chi connectivity index (χ3n) is 3.53. The monoisotopic (exact) mass is 283 g/mol. The minimum absolute atomic E-state index is 0.950. The summed E-state index contributed by atoms with van der Waals surface area (Å²) >= 11 is 4.23. The molecule has 0 radical (unpaired) electrons. The first-order valence-electron chi connectivity index (χ1n) is 7.49. The molecule has 19 heavy (non-hydrogen) atoms. The molecule has 0 atom stereocenters. The first-order chi connectivity index (χ1) is 9.24. The molecule has 4 heteroatoms. The van der Waals surface area contributed by atoms with Crippen LogP contribution in [0.2, 0.25) is 0 Å². The molecule has 0 unspecified atom stereocenters. The van der Waals surface area contributed by atoms with Gasteiger partial charge in [-0.1, -0.05) is 32.1 Å². The molecule has 0 aromatic carbocycles. The Bertz CT molecular complexity index is 325. The van der Waals surface area contributed by atoms with E-state index in [0.29, 0.717) is 0 Å². The van der Waals surface area contributed by atoms with Crippen LogP contribution in [0.15, 0.2) is 12.4 Å². The van der Waals surface area contributed by atoms with Crippen molar-refractivity contribution in [3.63, 3.8) is 0 Å². The van der Waals surface area contributed by atoms with Crippen molar-refractivity contribution in [2.75, 3.05) is 19.3 Å². The lowest BCUT2D eigenvalue weighted by Crippen LogP contribution is -2.21. The van der Waals surface area contributed by atoms with Crippen LogP contribution >= 0.6 is 12.6 Å². The van der Waals surface area contributed by atoms with Gasteiger partial charge in [-0.15, -0.1) is 0 Å². The number of hydrogen-bond donors (Lipinski definition) is 1. The van der Waals surface area contributed by atoms with Gasteiger partial charge < -0.3 is 4.57 Å². The van der Waals surface area contributed by atoms with E-state index in [1.54, 1.807) is 0 Å². The summed E-state index contributed by atoms with van der Waals surface area (Å²) in [5, 5.41) is 0. The zero-order chi connectivity index (χ0) is 13.9. The highest BCUT2D eigenvalue weighted by Gasteiger charge is 2.03. The van der Waals surface area contributed by atoms with Gasteiger partial charge >= 0.3 is 0 Å². The number of unbranched alkanes of at least 4 members (excludes halogenated alkanes) is 6. The van der Waals surface area contributed by atoms with E-state index >= 15 is 0 Å². The van der Waals surface area contributed by atoms with Gasteiger partial charge in [-0.2, -0.15) is 12.6 Å². The summed E-state index contributed by atoms with van der Waals surface area (Å²) in [5.41, 5.74) is 0. The number of aryl methyl sites for hydroxylation is 1. The normalized spacial score (nSPS) is 11.4. The van der Waals surface area contributed by atoms with Gasteiger partial charge in [-0.25, -0.2) is 4.98 Å². The van der Waals surface area contributed by atoms with Crippen LogP contribution in [0.4, 0.5) is 0 Å². The Morgan fingerprint density at radius 1 is 1.11 bits per heavy atom. The quantitative estimate of drug-likeness (QED) is 0.495. The maximum atomic E-state index is 4.36. The van der Waals surface area contributed by atoms with Crippen LogP contribution in [0.5, 0.6) is 0 Å². The molecule has 1 heterocycles. The van der Waals surface area contributed by atoms with E-state index in [1.165, 1.54) is 51.5 Å². The van der Waals surface area contributed by atoms with E-state index in [9.17, 15) is 0 Å². The highest BCUT2D eigenvalue weighted by molar-refractivity contribution is 7.80.